The van der Waals surface area contributed by atoms with Crippen LogP contribution in [0.15, 0.2) is 24.4 Å². The minimum Gasteiger partial charge on any atom is -0.357 e. The molecule has 1 rings (SSSR count). The van der Waals surface area contributed by atoms with Crippen molar-refractivity contribution in [2.24, 2.45) is 0 Å². The molecule has 0 bridgehead atoms. The number of nitrogens with zero attached hydrogens (tertiary/aromatic N) is 2. The van der Waals surface area contributed by atoms with Gasteiger partial charge in [-0.3, -0.25) is 0 Å². The van der Waals surface area contributed by atoms with Crippen LogP contribution in [0.1, 0.15) is 0 Å². The van der Waals surface area contributed by atoms with Crippen molar-refractivity contribution < 1.29 is 5.11 Å². The highest BCUT2D eigenvalue weighted by molar-refractivity contribution is 5.35. The van der Waals surface area contributed by atoms with Crippen LogP contribution in [0.3, 0.4) is 0 Å². The second-order valence-corrected chi connectivity index (χ2v) is 2.31. The largest absolute Gasteiger partial charge is 0.357 e. The van der Waals surface area contributed by atoms with Gasteiger partial charge in [-0.25, -0.2) is 10.1 Å². The standard InChI is InChI=1S/C8H11N2O/c1-10(6-7-11)8-4-2-3-5-9-8/h2-5H,6-7H2,1H3. The van der Waals surface area contributed by atoms with Crippen LogP contribution in [0.2, 0.25) is 0 Å². The van der Waals surface area contributed by atoms with Gasteiger partial charge in [0.2, 0.25) is 0 Å². The summed E-state index contributed by atoms with van der Waals surface area (Å²) in [6, 6.07) is 5.65. The molecule has 0 atom stereocenters. The highest BCUT2D eigenvalue weighted by Crippen LogP contribution is 2.04. The second kappa shape index (κ2) is 3.93. The molecule has 3 nitrogen and oxygen atoms in total. The highest BCUT2D eigenvalue weighted by atomic mass is 16.3. The molecule has 0 aliphatic heterocycles. The summed E-state index contributed by atoms with van der Waals surface area (Å²) in [4.78, 5) is 5.92. The first-order chi connectivity index (χ1) is 5.34. The third-order valence-electron chi connectivity index (χ3n) is 1.47. The van der Waals surface area contributed by atoms with Gasteiger partial charge in [-0.2, -0.15) is 0 Å². The molecule has 1 heterocycles. The summed E-state index contributed by atoms with van der Waals surface area (Å²) in [6.07, 6.45) is 1.72. The van der Waals surface area contributed by atoms with Crippen LogP contribution in [0.25, 0.3) is 0 Å². The summed E-state index contributed by atoms with van der Waals surface area (Å²) < 4.78 is 0. The minimum atomic E-state index is -0.0902. The van der Waals surface area contributed by atoms with Gasteiger partial charge in [0, 0.05) is 19.8 Å². The summed E-state index contributed by atoms with van der Waals surface area (Å²) in [5.41, 5.74) is 0. The summed E-state index contributed by atoms with van der Waals surface area (Å²) in [5, 5.41) is 10.2. The van der Waals surface area contributed by atoms with E-state index in [0.29, 0.717) is 6.54 Å². The molecule has 0 fully saturated rings. The molecule has 0 aliphatic carbocycles. The number of aromatic nitrogens is 1. The molecule has 0 N–H and O–H groups in total. The Morgan fingerprint density at radius 1 is 1.55 bits per heavy atom. The highest BCUT2D eigenvalue weighted by Gasteiger charge is 1.98. The fraction of sp³-hybridized carbons (Fsp3) is 0.375. The molecule has 0 saturated carbocycles. The molecular weight excluding hydrogens is 140 g/mol. The van der Waals surface area contributed by atoms with E-state index in [4.69, 9.17) is 0 Å². The Hall–Kier alpha value is -1.09. The summed E-state index contributed by atoms with van der Waals surface area (Å²) in [5.74, 6) is 0.850. The van der Waals surface area contributed by atoms with Crippen LogP contribution >= 0.6 is 0 Å². The molecule has 0 spiro atoms. The zero-order valence-electron chi connectivity index (χ0n) is 6.53. The van der Waals surface area contributed by atoms with Gasteiger partial charge in [-0.1, -0.05) is 6.07 Å². The van der Waals surface area contributed by atoms with Crippen molar-refractivity contribution in [3.8, 4) is 0 Å². The van der Waals surface area contributed by atoms with Gasteiger partial charge < -0.3 is 4.90 Å². The number of pyridine rings is 1. The van der Waals surface area contributed by atoms with Crippen LogP contribution in [-0.2, 0) is 5.11 Å². The number of hydrogen-bond acceptors (Lipinski definition) is 2. The minimum absolute atomic E-state index is 0.0902. The Balaban J connectivity index is 2.61. The van der Waals surface area contributed by atoms with E-state index < -0.39 is 0 Å². The van der Waals surface area contributed by atoms with Crippen molar-refractivity contribution in [1.82, 2.24) is 4.98 Å². The fourth-order valence-electron chi connectivity index (χ4n) is 0.831. The van der Waals surface area contributed by atoms with E-state index in [2.05, 4.69) is 4.98 Å². The van der Waals surface area contributed by atoms with Crippen LogP contribution < -0.4 is 4.90 Å². The van der Waals surface area contributed by atoms with Crippen LogP contribution in [0.4, 0.5) is 5.82 Å². The molecule has 0 aliphatic rings. The van der Waals surface area contributed by atoms with Crippen LogP contribution in [0.5, 0.6) is 0 Å². The third-order valence-corrected chi connectivity index (χ3v) is 1.47. The summed E-state index contributed by atoms with van der Waals surface area (Å²) in [6.45, 7) is 0.421. The number of rotatable bonds is 3. The molecule has 0 saturated heterocycles. The normalized spacial score (nSPS) is 9.64. The first kappa shape index (κ1) is 8.01. The smallest absolute Gasteiger partial charge is 0.128 e. The van der Waals surface area contributed by atoms with Gasteiger partial charge in [-0.15, -0.1) is 0 Å². The zero-order valence-corrected chi connectivity index (χ0v) is 6.53. The average molecular weight is 151 g/mol. The van der Waals surface area contributed by atoms with E-state index in [1.165, 1.54) is 0 Å². The predicted molar refractivity (Wildman–Crippen MR) is 43.1 cm³/mol. The van der Waals surface area contributed by atoms with Crippen molar-refractivity contribution in [3.05, 3.63) is 24.4 Å². The summed E-state index contributed by atoms with van der Waals surface area (Å²) in [7, 11) is 1.86. The van der Waals surface area contributed by atoms with Gasteiger partial charge in [-0.05, 0) is 12.1 Å². The van der Waals surface area contributed by atoms with Crippen LogP contribution in [0, 0.1) is 0 Å². The first-order valence-electron chi connectivity index (χ1n) is 3.55. The Labute approximate surface area is 66.3 Å². The zero-order chi connectivity index (χ0) is 8.10. The van der Waals surface area contributed by atoms with Crippen molar-refractivity contribution in [2.45, 2.75) is 0 Å². The number of anilines is 1. The van der Waals surface area contributed by atoms with Crippen LogP contribution in [-0.4, -0.2) is 25.2 Å². The molecule has 0 aromatic carbocycles. The van der Waals surface area contributed by atoms with E-state index in [9.17, 15) is 5.11 Å². The van der Waals surface area contributed by atoms with E-state index >= 15 is 0 Å². The molecule has 1 radical (unpaired) electrons. The van der Waals surface area contributed by atoms with Crippen molar-refractivity contribution in [2.75, 3.05) is 25.1 Å². The Morgan fingerprint density at radius 3 is 2.91 bits per heavy atom. The molecule has 3 heteroatoms. The van der Waals surface area contributed by atoms with E-state index in [1.54, 1.807) is 6.20 Å². The van der Waals surface area contributed by atoms with E-state index in [0.717, 1.165) is 5.82 Å². The first-order valence-corrected chi connectivity index (χ1v) is 3.55. The third kappa shape index (κ3) is 2.20. The van der Waals surface area contributed by atoms with Gasteiger partial charge in [0.05, 0.1) is 6.61 Å². The quantitative estimate of drug-likeness (QED) is 0.644. The van der Waals surface area contributed by atoms with E-state index in [-0.39, 0.29) is 6.61 Å². The molecule has 59 valence electrons. The Bertz CT molecular complexity index is 201. The molecule has 1 aromatic heterocycles. The predicted octanol–water partition coefficient (Wildman–Crippen LogP) is 0.948. The SMILES string of the molecule is CN(CC[O])c1ccccn1. The van der Waals surface area contributed by atoms with Crippen molar-refractivity contribution >= 4 is 5.82 Å². The molecule has 0 amide bonds. The van der Waals surface area contributed by atoms with Crippen molar-refractivity contribution in [3.63, 3.8) is 0 Å². The molecule has 0 unspecified atom stereocenters. The maximum atomic E-state index is 10.2. The second-order valence-electron chi connectivity index (χ2n) is 2.31. The fourth-order valence-corrected chi connectivity index (χ4v) is 0.831. The topological polar surface area (TPSA) is 36.0 Å². The Kier molecular flexibility index (Phi) is 2.86. The molecule has 1 aromatic rings. The lowest BCUT2D eigenvalue weighted by Crippen LogP contribution is -2.21. The average Bonchev–Trinajstić information content (AvgIpc) is 2.07. The monoisotopic (exact) mass is 151 g/mol. The lowest BCUT2D eigenvalue weighted by Gasteiger charge is -2.14. The van der Waals surface area contributed by atoms with Gasteiger partial charge in [0.25, 0.3) is 0 Å². The van der Waals surface area contributed by atoms with Gasteiger partial charge in [0.15, 0.2) is 0 Å². The van der Waals surface area contributed by atoms with Gasteiger partial charge in [0.1, 0.15) is 5.82 Å². The molecule has 11 heavy (non-hydrogen) atoms. The maximum Gasteiger partial charge on any atom is 0.128 e. The summed E-state index contributed by atoms with van der Waals surface area (Å²) >= 11 is 0. The molecular formula is C8H11N2O. The lowest BCUT2D eigenvalue weighted by molar-refractivity contribution is 0.201. The Morgan fingerprint density at radius 2 is 2.36 bits per heavy atom. The van der Waals surface area contributed by atoms with E-state index in [1.807, 2.05) is 30.1 Å². The maximum absolute atomic E-state index is 10.2. The number of hydrogen-bond donors (Lipinski definition) is 0. The lowest BCUT2D eigenvalue weighted by atomic mass is 10.4. The van der Waals surface area contributed by atoms with Crippen molar-refractivity contribution in [1.29, 1.82) is 0 Å². The number of likely N-dealkylation sites (N-methyl/N-ethyl adjacent to an activating group) is 1. The van der Waals surface area contributed by atoms with Gasteiger partial charge >= 0.3 is 0 Å².